The second-order valence-corrected chi connectivity index (χ2v) is 9.33. The number of carbonyl (C=O) groups excluding carboxylic acids is 2. The summed E-state index contributed by atoms with van der Waals surface area (Å²) in [6.07, 6.45) is 0. The second kappa shape index (κ2) is 10.9. The van der Waals surface area contributed by atoms with Crippen molar-refractivity contribution in [3.8, 4) is 5.75 Å². The van der Waals surface area contributed by atoms with Crippen LogP contribution in [0.3, 0.4) is 0 Å². The lowest BCUT2D eigenvalue weighted by Gasteiger charge is -2.25. The fraction of sp³-hybridized carbons (Fsp3) is 0.125. The summed E-state index contributed by atoms with van der Waals surface area (Å²) in [5.41, 5.74) is 2.40. The first-order chi connectivity index (χ1) is 18.8. The molecular formula is C32H25F2NO4. The van der Waals surface area contributed by atoms with Crippen LogP contribution in [0.15, 0.2) is 103 Å². The van der Waals surface area contributed by atoms with E-state index in [1.54, 1.807) is 31.2 Å². The SMILES string of the molecule is Cc1cc(/C(O)=C2\C(=O)C(=O)N(Cc3ccc(F)cc3)C2c2ccccc2F)ccc1OCc1ccccc1. The number of Topliss-reactive ketones (excluding diaryl/α,β-unsaturated/α-hetero) is 1. The second-order valence-electron chi connectivity index (χ2n) is 9.33. The number of ketones is 1. The Labute approximate surface area is 224 Å². The zero-order valence-electron chi connectivity index (χ0n) is 21.1. The average Bonchev–Trinajstić information content (AvgIpc) is 3.18. The van der Waals surface area contributed by atoms with E-state index in [1.165, 1.54) is 47.4 Å². The fourth-order valence-electron chi connectivity index (χ4n) is 4.70. The molecule has 0 spiro atoms. The number of aliphatic hydroxyl groups excluding tert-OH is 1. The van der Waals surface area contributed by atoms with E-state index in [1.807, 2.05) is 30.3 Å². The van der Waals surface area contributed by atoms with E-state index in [-0.39, 0.29) is 17.7 Å². The molecule has 39 heavy (non-hydrogen) atoms. The molecule has 4 aromatic rings. The van der Waals surface area contributed by atoms with Crippen LogP contribution in [0.2, 0.25) is 0 Å². The molecule has 4 aromatic carbocycles. The standard InChI is InChI=1S/C32H25F2NO4/c1-20-17-23(13-16-27(20)39-19-22-7-3-2-4-8-22)30(36)28-29(25-9-5-6-10-26(25)34)35(32(38)31(28)37)18-21-11-14-24(33)15-12-21/h2-17,29,36H,18-19H2,1H3/b30-28+. The van der Waals surface area contributed by atoms with Crippen molar-refractivity contribution in [1.29, 1.82) is 0 Å². The van der Waals surface area contributed by atoms with Crippen LogP contribution < -0.4 is 4.74 Å². The van der Waals surface area contributed by atoms with Crippen LogP contribution >= 0.6 is 0 Å². The molecular weight excluding hydrogens is 500 g/mol. The number of likely N-dealkylation sites (tertiary alicyclic amines) is 1. The largest absolute Gasteiger partial charge is 0.507 e. The summed E-state index contributed by atoms with van der Waals surface area (Å²) in [6, 6.07) is 24.7. The van der Waals surface area contributed by atoms with Gasteiger partial charge in [0.05, 0.1) is 11.6 Å². The van der Waals surface area contributed by atoms with Crippen molar-refractivity contribution in [3.63, 3.8) is 0 Å². The lowest BCUT2D eigenvalue weighted by atomic mass is 9.94. The van der Waals surface area contributed by atoms with Gasteiger partial charge in [-0.1, -0.05) is 60.7 Å². The van der Waals surface area contributed by atoms with Gasteiger partial charge in [0.2, 0.25) is 0 Å². The molecule has 1 heterocycles. The molecule has 7 heteroatoms. The van der Waals surface area contributed by atoms with Gasteiger partial charge in [-0.05, 0) is 60.0 Å². The Hall–Kier alpha value is -4.78. The van der Waals surface area contributed by atoms with E-state index in [9.17, 15) is 19.1 Å². The number of aryl methyl sites for hydroxylation is 1. The van der Waals surface area contributed by atoms with E-state index >= 15 is 4.39 Å². The first kappa shape index (κ1) is 25.9. The van der Waals surface area contributed by atoms with Crippen LogP contribution in [0.5, 0.6) is 5.75 Å². The summed E-state index contributed by atoms with van der Waals surface area (Å²) < 4.78 is 34.4. The van der Waals surface area contributed by atoms with Gasteiger partial charge in [0, 0.05) is 17.7 Å². The molecule has 1 amide bonds. The summed E-state index contributed by atoms with van der Waals surface area (Å²) >= 11 is 0. The van der Waals surface area contributed by atoms with Gasteiger partial charge in [0.1, 0.15) is 29.8 Å². The van der Waals surface area contributed by atoms with Crippen molar-refractivity contribution in [3.05, 3.63) is 142 Å². The Balaban J connectivity index is 1.53. The Morgan fingerprint density at radius 2 is 1.56 bits per heavy atom. The highest BCUT2D eigenvalue weighted by Crippen LogP contribution is 2.41. The minimum atomic E-state index is -1.18. The average molecular weight is 526 g/mol. The number of aliphatic hydroxyl groups is 1. The van der Waals surface area contributed by atoms with Crippen LogP contribution in [-0.2, 0) is 22.7 Å². The van der Waals surface area contributed by atoms with Gasteiger partial charge < -0.3 is 14.7 Å². The van der Waals surface area contributed by atoms with E-state index in [4.69, 9.17) is 4.74 Å². The predicted octanol–water partition coefficient (Wildman–Crippen LogP) is 6.47. The number of benzene rings is 4. The lowest BCUT2D eigenvalue weighted by Crippen LogP contribution is -2.29. The summed E-state index contributed by atoms with van der Waals surface area (Å²) in [5, 5.41) is 11.3. The molecule has 5 rings (SSSR count). The predicted molar refractivity (Wildman–Crippen MR) is 143 cm³/mol. The number of carbonyl (C=O) groups is 2. The van der Waals surface area contributed by atoms with E-state index in [0.717, 1.165) is 5.56 Å². The van der Waals surface area contributed by atoms with Gasteiger partial charge in [0.25, 0.3) is 11.7 Å². The molecule has 1 saturated heterocycles. The van der Waals surface area contributed by atoms with Crippen molar-refractivity contribution in [1.82, 2.24) is 4.90 Å². The number of halogens is 2. The third-order valence-electron chi connectivity index (χ3n) is 6.69. The Kier molecular flexibility index (Phi) is 7.23. The maximum Gasteiger partial charge on any atom is 0.295 e. The zero-order chi connectivity index (χ0) is 27.5. The minimum absolute atomic E-state index is 0.0694. The van der Waals surface area contributed by atoms with Crippen LogP contribution in [-0.4, -0.2) is 21.7 Å². The van der Waals surface area contributed by atoms with Crippen LogP contribution in [0.25, 0.3) is 5.76 Å². The molecule has 1 N–H and O–H groups in total. The van der Waals surface area contributed by atoms with Crippen molar-refractivity contribution in [2.45, 2.75) is 26.1 Å². The van der Waals surface area contributed by atoms with Gasteiger partial charge in [-0.2, -0.15) is 0 Å². The number of amides is 1. The number of rotatable bonds is 7. The van der Waals surface area contributed by atoms with Gasteiger partial charge in [0.15, 0.2) is 0 Å². The monoisotopic (exact) mass is 525 g/mol. The van der Waals surface area contributed by atoms with E-state index in [2.05, 4.69) is 0 Å². The maximum atomic E-state index is 15.0. The molecule has 1 unspecified atom stereocenters. The normalized spacial score (nSPS) is 16.5. The number of hydrogen-bond donors (Lipinski definition) is 1. The highest BCUT2D eigenvalue weighted by Gasteiger charge is 2.47. The van der Waals surface area contributed by atoms with Crippen molar-refractivity contribution < 1.29 is 28.2 Å². The van der Waals surface area contributed by atoms with Crippen LogP contribution in [0.1, 0.15) is 33.9 Å². The number of ether oxygens (including phenoxy) is 1. The first-order valence-electron chi connectivity index (χ1n) is 12.4. The van der Waals surface area contributed by atoms with Gasteiger partial charge in [-0.25, -0.2) is 8.78 Å². The van der Waals surface area contributed by atoms with Crippen LogP contribution in [0, 0.1) is 18.6 Å². The van der Waals surface area contributed by atoms with Crippen molar-refractivity contribution in [2.24, 2.45) is 0 Å². The molecule has 1 aliphatic rings. The summed E-state index contributed by atoms with van der Waals surface area (Å²) in [5.74, 6) is -2.70. The number of hydrogen-bond acceptors (Lipinski definition) is 4. The molecule has 0 bridgehead atoms. The van der Waals surface area contributed by atoms with Gasteiger partial charge in [-0.3, -0.25) is 9.59 Å². The summed E-state index contributed by atoms with van der Waals surface area (Å²) in [7, 11) is 0. The molecule has 0 radical (unpaired) electrons. The van der Waals surface area contributed by atoms with Crippen LogP contribution in [0.4, 0.5) is 8.78 Å². The van der Waals surface area contributed by atoms with Crippen molar-refractivity contribution in [2.75, 3.05) is 0 Å². The highest BCUT2D eigenvalue weighted by molar-refractivity contribution is 6.46. The maximum absolute atomic E-state index is 15.0. The molecule has 1 aliphatic heterocycles. The third kappa shape index (κ3) is 5.29. The minimum Gasteiger partial charge on any atom is -0.507 e. The Morgan fingerprint density at radius 3 is 2.26 bits per heavy atom. The third-order valence-corrected chi connectivity index (χ3v) is 6.69. The van der Waals surface area contributed by atoms with Crippen molar-refractivity contribution >= 4 is 17.4 Å². The molecule has 0 aromatic heterocycles. The zero-order valence-corrected chi connectivity index (χ0v) is 21.1. The highest BCUT2D eigenvalue weighted by atomic mass is 19.1. The summed E-state index contributed by atoms with van der Waals surface area (Å²) in [6.45, 7) is 2.08. The molecule has 1 fully saturated rings. The van der Waals surface area contributed by atoms with E-state index < -0.39 is 35.1 Å². The fourth-order valence-corrected chi connectivity index (χ4v) is 4.70. The number of nitrogens with zero attached hydrogens (tertiary/aromatic N) is 1. The summed E-state index contributed by atoms with van der Waals surface area (Å²) in [4.78, 5) is 27.6. The van der Waals surface area contributed by atoms with E-state index in [0.29, 0.717) is 29.0 Å². The Morgan fingerprint density at radius 1 is 0.872 bits per heavy atom. The molecule has 196 valence electrons. The topological polar surface area (TPSA) is 66.8 Å². The van der Waals surface area contributed by atoms with Gasteiger partial charge >= 0.3 is 0 Å². The smallest absolute Gasteiger partial charge is 0.295 e. The molecule has 0 saturated carbocycles. The molecule has 5 nitrogen and oxygen atoms in total. The van der Waals surface area contributed by atoms with Gasteiger partial charge in [-0.15, -0.1) is 0 Å². The first-order valence-corrected chi connectivity index (χ1v) is 12.4. The quantitative estimate of drug-likeness (QED) is 0.171. The lowest BCUT2D eigenvalue weighted by molar-refractivity contribution is -0.140. The molecule has 1 atom stereocenters. The Bertz CT molecular complexity index is 1570. The molecule has 0 aliphatic carbocycles.